The standard InChI is InChI=1S/C5H5F3N2O/c6-5(7,8)10-2-1-9-4(11)3-10/h1-2H,3H2,(H,9,11). The van der Waals surface area contributed by atoms with Crippen molar-refractivity contribution in [3.05, 3.63) is 12.4 Å². The predicted octanol–water partition coefficient (Wildman–Crippen LogP) is 0.409. The molecular formula is C5H5F3N2O. The second kappa shape index (κ2) is 2.44. The summed E-state index contributed by atoms with van der Waals surface area (Å²) in [6.45, 7) is -0.667. The molecule has 0 aromatic carbocycles. The summed E-state index contributed by atoms with van der Waals surface area (Å²) in [5.74, 6) is -0.662. The van der Waals surface area contributed by atoms with Crippen LogP contribution in [0.4, 0.5) is 13.2 Å². The molecule has 0 radical (unpaired) electrons. The summed E-state index contributed by atoms with van der Waals surface area (Å²) < 4.78 is 35.4. The number of hydrogen-bond donors (Lipinski definition) is 1. The molecule has 1 aliphatic rings. The van der Waals surface area contributed by atoms with E-state index in [1.807, 2.05) is 0 Å². The summed E-state index contributed by atoms with van der Waals surface area (Å²) >= 11 is 0. The van der Waals surface area contributed by atoms with Gasteiger partial charge in [-0.05, 0) is 0 Å². The molecule has 1 rings (SSSR count). The van der Waals surface area contributed by atoms with Gasteiger partial charge in [0.05, 0.1) is 0 Å². The van der Waals surface area contributed by atoms with Crippen LogP contribution in [0.1, 0.15) is 0 Å². The maximum absolute atomic E-state index is 11.8. The molecule has 0 aromatic rings. The van der Waals surface area contributed by atoms with Crippen LogP contribution in [-0.2, 0) is 4.79 Å². The number of carbonyl (C=O) groups is 1. The Labute approximate surface area is 60.5 Å². The first kappa shape index (κ1) is 7.90. The molecule has 0 fully saturated rings. The molecule has 0 aromatic heterocycles. The SMILES string of the molecule is O=C1CN(C(F)(F)F)C=CN1. The van der Waals surface area contributed by atoms with Crippen molar-refractivity contribution in [3.63, 3.8) is 0 Å². The number of nitrogens with zero attached hydrogens (tertiary/aromatic N) is 1. The van der Waals surface area contributed by atoms with E-state index in [4.69, 9.17) is 0 Å². The fraction of sp³-hybridized carbons (Fsp3) is 0.400. The molecule has 62 valence electrons. The molecule has 0 atom stereocenters. The Bertz CT molecular complexity index is 198. The third-order valence-electron chi connectivity index (χ3n) is 1.14. The summed E-state index contributed by atoms with van der Waals surface area (Å²) in [6.07, 6.45) is -2.73. The lowest BCUT2D eigenvalue weighted by Crippen LogP contribution is -2.43. The summed E-state index contributed by atoms with van der Waals surface area (Å²) in [5.41, 5.74) is 0. The van der Waals surface area contributed by atoms with Gasteiger partial charge in [0.2, 0.25) is 5.91 Å². The van der Waals surface area contributed by atoms with Crippen molar-refractivity contribution in [1.82, 2.24) is 10.2 Å². The van der Waals surface area contributed by atoms with Gasteiger partial charge in [-0.1, -0.05) is 0 Å². The van der Waals surface area contributed by atoms with Crippen molar-refractivity contribution >= 4 is 5.91 Å². The Morgan fingerprint density at radius 1 is 1.55 bits per heavy atom. The largest absolute Gasteiger partial charge is 0.484 e. The normalized spacial score (nSPS) is 18.5. The van der Waals surface area contributed by atoms with Crippen molar-refractivity contribution in [1.29, 1.82) is 0 Å². The quantitative estimate of drug-likeness (QED) is 0.528. The van der Waals surface area contributed by atoms with Crippen LogP contribution in [-0.4, -0.2) is 23.7 Å². The van der Waals surface area contributed by atoms with E-state index >= 15 is 0 Å². The van der Waals surface area contributed by atoms with Crippen molar-refractivity contribution in [2.45, 2.75) is 6.30 Å². The lowest BCUT2D eigenvalue weighted by Gasteiger charge is -2.24. The first-order chi connectivity index (χ1) is 5.00. The van der Waals surface area contributed by atoms with E-state index in [2.05, 4.69) is 5.32 Å². The number of nitrogens with one attached hydrogen (secondary N) is 1. The Morgan fingerprint density at radius 3 is 2.55 bits per heavy atom. The molecule has 6 heteroatoms. The summed E-state index contributed by atoms with van der Waals surface area (Å²) in [4.78, 5) is 10.4. The zero-order valence-corrected chi connectivity index (χ0v) is 5.35. The molecule has 0 aliphatic carbocycles. The fourth-order valence-electron chi connectivity index (χ4n) is 0.647. The first-order valence-electron chi connectivity index (χ1n) is 2.79. The van der Waals surface area contributed by atoms with E-state index in [1.165, 1.54) is 0 Å². The summed E-state index contributed by atoms with van der Waals surface area (Å²) in [6, 6.07) is 0. The van der Waals surface area contributed by atoms with Crippen LogP contribution in [0.2, 0.25) is 0 Å². The van der Waals surface area contributed by atoms with Crippen LogP contribution in [0.3, 0.4) is 0 Å². The van der Waals surface area contributed by atoms with Crippen LogP contribution in [0.5, 0.6) is 0 Å². The number of rotatable bonds is 0. The van der Waals surface area contributed by atoms with Gasteiger partial charge >= 0.3 is 6.30 Å². The van der Waals surface area contributed by atoms with E-state index in [1.54, 1.807) is 0 Å². The zero-order chi connectivity index (χ0) is 8.48. The highest BCUT2D eigenvalue weighted by molar-refractivity contribution is 5.80. The number of hydrogen-bond acceptors (Lipinski definition) is 2. The van der Waals surface area contributed by atoms with Gasteiger partial charge in [-0.15, -0.1) is 0 Å². The lowest BCUT2D eigenvalue weighted by molar-refractivity contribution is -0.228. The third kappa shape index (κ3) is 1.86. The maximum atomic E-state index is 11.8. The molecule has 0 saturated carbocycles. The van der Waals surface area contributed by atoms with Crippen molar-refractivity contribution in [3.8, 4) is 0 Å². The topological polar surface area (TPSA) is 32.3 Å². The average molecular weight is 166 g/mol. The fourth-order valence-corrected chi connectivity index (χ4v) is 0.647. The highest BCUT2D eigenvalue weighted by Gasteiger charge is 2.37. The molecule has 3 nitrogen and oxygen atoms in total. The number of carbonyl (C=O) groups excluding carboxylic acids is 1. The number of amides is 1. The molecule has 0 saturated heterocycles. The van der Waals surface area contributed by atoms with Crippen LogP contribution < -0.4 is 5.32 Å². The molecule has 0 unspecified atom stereocenters. The summed E-state index contributed by atoms with van der Waals surface area (Å²) in [5, 5.41) is 2.12. The molecule has 1 amide bonds. The Hall–Kier alpha value is -1.20. The van der Waals surface area contributed by atoms with Crippen LogP contribution in [0.15, 0.2) is 12.4 Å². The zero-order valence-electron chi connectivity index (χ0n) is 5.35. The first-order valence-corrected chi connectivity index (χ1v) is 2.79. The molecule has 1 N–H and O–H groups in total. The van der Waals surface area contributed by atoms with Gasteiger partial charge in [0.15, 0.2) is 0 Å². The molecule has 0 spiro atoms. The Morgan fingerprint density at radius 2 is 2.18 bits per heavy atom. The summed E-state index contributed by atoms with van der Waals surface area (Å²) in [7, 11) is 0. The second-order valence-electron chi connectivity index (χ2n) is 1.98. The maximum Gasteiger partial charge on any atom is 0.484 e. The van der Waals surface area contributed by atoms with Crippen LogP contribution >= 0.6 is 0 Å². The van der Waals surface area contributed by atoms with Gasteiger partial charge < -0.3 is 5.32 Å². The highest BCUT2D eigenvalue weighted by atomic mass is 19.4. The van der Waals surface area contributed by atoms with Gasteiger partial charge in [0, 0.05) is 12.4 Å². The van der Waals surface area contributed by atoms with E-state index in [0.717, 1.165) is 12.4 Å². The van der Waals surface area contributed by atoms with E-state index < -0.39 is 18.8 Å². The Kier molecular flexibility index (Phi) is 1.76. The molecule has 0 bridgehead atoms. The number of alkyl halides is 3. The predicted molar refractivity (Wildman–Crippen MR) is 30.0 cm³/mol. The third-order valence-corrected chi connectivity index (χ3v) is 1.14. The molecule has 11 heavy (non-hydrogen) atoms. The monoisotopic (exact) mass is 166 g/mol. The van der Waals surface area contributed by atoms with Gasteiger partial charge in [-0.3, -0.25) is 9.69 Å². The minimum absolute atomic E-state index is 0.00579. The minimum Gasteiger partial charge on any atom is -0.330 e. The van der Waals surface area contributed by atoms with E-state index in [-0.39, 0.29) is 4.90 Å². The lowest BCUT2D eigenvalue weighted by atomic mass is 10.4. The van der Waals surface area contributed by atoms with Gasteiger partial charge in [0.25, 0.3) is 0 Å². The highest BCUT2D eigenvalue weighted by Crippen LogP contribution is 2.21. The smallest absolute Gasteiger partial charge is 0.330 e. The minimum atomic E-state index is -4.46. The molecule has 1 heterocycles. The number of halogens is 3. The van der Waals surface area contributed by atoms with Gasteiger partial charge in [-0.2, -0.15) is 13.2 Å². The molecule has 1 aliphatic heterocycles. The van der Waals surface area contributed by atoms with Crippen molar-refractivity contribution < 1.29 is 18.0 Å². The van der Waals surface area contributed by atoms with E-state index in [0.29, 0.717) is 0 Å². The van der Waals surface area contributed by atoms with Gasteiger partial charge in [0.1, 0.15) is 6.54 Å². The van der Waals surface area contributed by atoms with E-state index in [9.17, 15) is 18.0 Å². The van der Waals surface area contributed by atoms with Crippen LogP contribution in [0.25, 0.3) is 0 Å². The molecular weight excluding hydrogens is 161 g/mol. The average Bonchev–Trinajstić information content (AvgIpc) is 1.86. The van der Waals surface area contributed by atoms with Crippen molar-refractivity contribution in [2.75, 3.05) is 6.54 Å². The second-order valence-corrected chi connectivity index (χ2v) is 1.98. The van der Waals surface area contributed by atoms with Crippen molar-refractivity contribution in [2.24, 2.45) is 0 Å². The van der Waals surface area contributed by atoms with Crippen LogP contribution in [0, 0.1) is 0 Å². The Balaban J connectivity index is 2.68. The van der Waals surface area contributed by atoms with Gasteiger partial charge in [-0.25, -0.2) is 0 Å².